The van der Waals surface area contributed by atoms with Crippen LogP contribution in [0.4, 0.5) is 10.5 Å². The second-order valence-corrected chi connectivity index (χ2v) is 9.99. The lowest BCUT2D eigenvalue weighted by atomic mass is 9.98. The Morgan fingerprint density at radius 3 is 2.82 bits per heavy atom. The maximum absolute atomic E-state index is 12.9. The summed E-state index contributed by atoms with van der Waals surface area (Å²) < 4.78 is 22.4. The molecule has 1 unspecified atom stereocenters. The van der Waals surface area contributed by atoms with Crippen molar-refractivity contribution in [2.75, 3.05) is 26.0 Å². The van der Waals surface area contributed by atoms with E-state index in [1.54, 1.807) is 30.3 Å². The van der Waals surface area contributed by atoms with Crippen LogP contribution in [0.5, 0.6) is 5.88 Å². The Labute approximate surface area is 201 Å². The summed E-state index contributed by atoms with van der Waals surface area (Å²) >= 11 is 0. The van der Waals surface area contributed by atoms with Gasteiger partial charge in [0.2, 0.25) is 5.88 Å². The normalized spacial score (nSPS) is 13.9. The highest BCUT2D eigenvalue weighted by atomic mass is 32.2. The van der Waals surface area contributed by atoms with Crippen molar-refractivity contribution < 1.29 is 13.7 Å². The fourth-order valence-corrected chi connectivity index (χ4v) is 4.94. The molecule has 2 amide bonds. The lowest BCUT2D eigenvalue weighted by Crippen LogP contribution is -2.37. The largest absolute Gasteiger partial charge is 0.481 e. The molecule has 2 aromatic heterocycles. The Morgan fingerprint density at radius 2 is 2.06 bits per heavy atom. The number of methoxy groups -OCH3 is 1. The van der Waals surface area contributed by atoms with Gasteiger partial charge in [-0.15, -0.1) is 0 Å². The summed E-state index contributed by atoms with van der Waals surface area (Å²) in [5, 5.41) is 10.8. The molecule has 0 aliphatic heterocycles. The minimum Gasteiger partial charge on any atom is -0.481 e. The molecule has 1 aliphatic carbocycles. The minimum atomic E-state index is -1.80. The molecule has 0 spiro atoms. The van der Waals surface area contributed by atoms with E-state index in [0.717, 1.165) is 41.6 Å². The number of fused-ring (bicyclic) bond motifs is 1. The zero-order valence-corrected chi connectivity index (χ0v) is 20.7. The van der Waals surface area contributed by atoms with Crippen molar-refractivity contribution >= 4 is 22.7 Å². The summed E-state index contributed by atoms with van der Waals surface area (Å²) in [6, 6.07) is 8.91. The maximum Gasteiger partial charge on any atom is 0.331 e. The van der Waals surface area contributed by atoms with Crippen LogP contribution in [0.15, 0.2) is 47.8 Å². The van der Waals surface area contributed by atoms with Crippen LogP contribution in [-0.4, -0.2) is 45.7 Å². The monoisotopic (exact) mass is 482 g/mol. The lowest BCUT2D eigenvalue weighted by Gasteiger charge is -2.24. The molecule has 1 aliphatic rings. The predicted molar refractivity (Wildman–Crippen MR) is 132 cm³/mol. The minimum absolute atomic E-state index is 0.289. The summed E-state index contributed by atoms with van der Waals surface area (Å²) in [4.78, 5) is 17.1. The Morgan fingerprint density at radius 1 is 1.24 bits per heavy atom. The van der Waals surface area contributed by atoms with Crippen LogP contribution < -0.4 is 20.1 Å². The summed E-state index contributed by atoms with van der Waals surface area (Å²) in [7, 11) is 1.63. The Kier molecular flexibility index (Phi) is 6.99. The molecule has 0 bridgehead atoms. The summed E-state index contributed by atoms with van der Waals surface area (Å²) in [6.07, 6.45) is 6.31. The highest BCUT2D eigenvalue weighted by molar-refractivity contribution is 7.83. The van der Waals surface area contributed by atoms with Crippen molar-refractivity contribution in [3.8, 4) is 17.0 Å². The maximum atomic E-state index is 12.9. The van der Waals surface area contributed by atoms with E-state index >= 15 is 0 Å². The number of ether oxygens (including phenoxy) is 1. The van der Waals surface area contributed by atoms with Crippen molar-refractivity contribution in [1.82, 2.24) is 24.8 Å². The van der Waals surface area contributed by atoms with Crippen LogP contribution >= 0.6 is 0 Å². The van der Waals surface area contributed by atoms with Crippen LogP contribution in [0.2, 0.25) is 0 Å². The van der Waals surface area contributed by atoms with E-state index in [9.17, 15) is 9.00 Å². The van der Waals surface area contributed by atoms with Crippen LogP contribution in [0.3, 0.4) is 0 Å². The molecule has 180 valence electrons. The zero-order valence-electron chi connectivity index (χ0n) is 19.8. The molecule has 34 heavy (non-hydrogen) atoms. The number of hydrogen-bond donors (Lipinski definition) is 3. The van der Waals surface area contributed by atoms with Crippen molar-refractivity contribution in [1.29, 1.82) is 0 Å². The number of carbonyl (C=O) groups is 1. The molecule has 4 rings (SSSR count). The Hall–Kier alpha value is -3.24. The van der Waals surface area contributed by atoms with Gasteiger partial charge in [-0.3, -0.25) is 9.40 Å². The van der Waals surface area contributed by atoms with E-state index in [2.05, 4.69) is 31.5 Å². The number of amides is 2. The van der Waals surface area contributed by atoms with Gasteiger partial charge in [-0.1, -0.05) is 12.1 Å². The second kappa shape index (κ2) is 9.94. The fourth-order valence-electron chi connectivity index (χ4n) is 4.27. The van der Waals surface area contributed by atoms with Gasteiger partial charge in [-0.25, -0.2) is 14.0 Å². The molecule has 0 fully saturated rings. The van der Waals surface area contributed by atoms with Crippen molar-refractivity contribution in [3.63, 3.8) is 0 Å². The van der Waals surface area contributed by atoms with Gasteiger partial charge in [0, 0.05) is 30.6 Å². The molecule has 1 aromatic carbocycles. The van der Waals surface area contributed by atoms with E-state index in [4.69, 9.17) is 4.74 Å². The first kappa shape index (κ1) is 23.9. The van der Waals surface area contributed by atoms with Crippen LogP contribution in [0.25, 0.3) is 11.1 Å². The van der Waals surface area contributed by atoms with Crippen molar-refractivity contribution in [3.05, 3.63) is 53.9 Å². The Bertz CT molecular complexity index is 1220. The molecular weight excluding hydrogens is 452 g/mol. The number of aromatic nitrogens is 3. The van der Waals surface area contributed by atoms with E-state index in [-0.39, 0.29) is 10.6 Å². The van der Waals surface area contributed by atoms with Crippen molar-refractivity contribution in [2.45, 2.75) is 43.7 Å². The molecule has 0 saturated carbocycles. The van der Waals surface area contributed by atoms with Gasteiger partial charge >= 0.3 is 6.03 Å². The predicted octanol–water partition coefficient (Wildman–Crippen LogP) is 3.24. The molecule has 3 aromatic rings. The number of pyridine rings is 1. The molecule has 3 N–H and O–H groups in total. The van der Waals surface area contributed by atoms with Crippen LogP contribution in [-0.2, 0) is 29.4 Å². The van der Waals surface area contributed by atoms with Gasteiger partial charge in [0.05, 0.1) is 18.3 Å². The molecule has 1 atom stereocenters. The number of urea groups is 1. The topological polar surface area (TPSA) is 110 Å². The van der Waals surface area contributed by atoms with Gasteiger partial charge in [0.1, 0.15) is 0 Å². The highest BCUT2D eigenvalue weighted by Crippen LogP contribution is 2.38. The average molecular weight is 483 g/mol. The zero-order chi connectivity index (χ0) is 24.3. The molecule has 0 radical (unpaired) electrons. The van der Waals surface area contributed by atoms with E-state index in [1.807, 2.05) is 39.1 Å². The molecule has 0 saturated heterocycles. The number of nitrogens with one attached hydrogen (secondary N) is 3. The average Bonchev–Trinajstić information content (AvgIpc) is 3.50. The first-order valence-electron chi connectivity index (χ1n) is 11.2. The second-order valence-electron chi connectivity index (χ2n) is 8.83. The number of anilines is 1. The van der Waals surface area contributed by atoms with Gasteiger partial charge < -0.3 is 15.4 Å². The highest BCUT2D eigenvalue weighted by Gasteiger charge is 2.24. The SMILES string of the molecule is CNCC(C)(C)n1ccc(S(=O)NC(=O)Nc2c(-c3ccnc(OC)c3)ccc3c2CCC3)n1. The van der Waals surface area contributed by atoms with Gasteiger partial charge in [-0.05, 0) is 69.0 Å². The third kappa shape index (κ3) is 4.97. The Balaban J connectivity index is 1.56. The number of rotatable bonds is 8. The number of benzene rings is 1. The smallest absolute Gasteiger partial charge is 0.331 e. The number of hydrogen-bond acceptors (Lipinski definition) is 6. The first-order valence-corrected chi connectivity index (χ1v) is 12.3. The summed E-state index contributed by atoms with van der Waals surface area (Å²) in [6.45, 7) is 4.74. The first-order chi connectivity index (χ1) is 16.3. The van der Waals surface area contributed by atoms with E-state index in [0.29, 0.717) is 12.4 Å². The van der Waals surface area contributed by atoms with Crippen LogP contribution in [0, 0.1) is 0 Å². The number of nitrogens with zero attached hydrogens (tertiary/aromatic N) is 3. The van der Waals surface area contributed by atoms with Gasteiger partial charge in [0.15, 0.2) is 16.0 Å². The fraction of sp³-hybridized carbons (Fsp3) is 0.375. The van der Waals surface area contributed by atoms with Crippen LogP contribution in [0.1, 0.15) is 31.4 Å². The van der Waals surface area contributed by atoms with E-state index < -0.39 is 17.0 Å². The standard InChI is InChI=1S/C24H30N6O3S/c1-24(2,15-25-3)30-13-11-21(28-30)34(32)29-23(31)27-22-18-7-5-6-16(18)8-9-19(22)17-10-12-26-20(14-17)33-4/h8-14,25H,5-7,15H2,1-4H3,(H2,27,29,31). The summed E-state index contributed by atoms with van der Waals surface area (Å²) in [5.41, 5.74) is 4.48. The van der Waals surface area contributed by atoms with Gasteiger partial charge in [-0.2, -0.15) is 5.10 Å². The lowest BCUT2D eigenvalue weighted by molar-refractivity contribution is 0.257. The third-order valence-corrected chi connectivity index (χ3v) is 6.91. The quantitative estimate of drug-likeness (QED) is 0.455. The summed E-state index contributed by atoms with van der Waals surface area (Å²) in [5.74, 6) is 0.492. The number of carbonyl (C=O) groups excluding carboxylic acids is 1. The van der Waals surface area contributed by atoms with Gasteiger partial charge in [0.25, 0.3) is 0 Å². The number of aryl methyl sites for hydroxylation is 1. The molecular formula is C24H30N6O3S. The molecule has 2 heterocycles. The third-order valence-electron chi connectivity index (χ3n) is 5.95. The molecule has 10 heteroatoms. The van der Waals surface area contributed by atoms with E-state index in [1.165, 1.54) is 5.56 Å². The molecule has 9 nitrogen and oxygen atoms in total. The van der Waals surface area contributed by atoms with Crippen molar-refractivity contribution in [2.24, 2.45) is 0 Å². The number of likely N-dealkylation sites (N-methyl/N-ethyl adjacent to an activating group) is 1.